The molecule has 0 radical (unpaired) electrons. The number of benzene rings is 2. The number of carbonyl (C=O) groups excluding carboxylic acids is 1. The summed E-state index contributed by atoms with van der Waals surface area (Å²) in [5.41, 5.74) is -1.35. The molecule has 0 aliphatic rings. The van der Waals surface area contributed by atoms with Crippen LogP contribution in [0.1, 0.15) is 12.5 Å². The van der Waals surface area contributed by atoms with E-state index in [1.807, 2.05) is 0 Å². The van der Waals surface area contributed by atoms with Crippen molar-refractivity contribution >= 4 is 5.97 Å². The van der Waals surface area contributed by atoms with Gasteiger partial charge in [-0.2, -0.15) is 0 Å². The van der Waals surface area contributed by atoms with E-state index in [0.29, 0.717) is 5.56 Å². The molecule has 98 valence electrons. The molecule has 2 rings (SSSR count). The second-order valence-electron chi connectivity index (χ2n) is 4.30. The molecule has 2 aromatic rings. The summed E-state index contributed by atoms with van der Waals surface area (Å²) in [5, 5.41) is 19.8. The number of phenolic OH excluding ortho intramolecular Hbond substituents is 1. The molecule has 0 bridgehead atoms. The average Bonchev–Trinajstić information content (AvgIpc) is 2.42. The summed E-state index contributed by atoms with van der Waals surface area (Å²) in [7, 11) is 0. The van der Waals surface area contributed by atoms with Crippen molar-refractivity contribution in [2.24, 2.45) is 0 Å². The summed E-state index contributed by atoms with van der Waals surface area (Å²) in [4.78, 5) is 12.0. The van der Waals surface area contributed by atoms with Crippen molar-refractivity contribution in [2.45, 2.75) is 12.5 Å². The fourth-order valence-electron chi connectivity index (χ4n) is 1.62. The Labute approximate surface area is 110 Å². The van der Waals surface area contributed by atoms with Crippen molar-refractivity contribution < 1.29 is 19.7 Å². The maximum Gasteiger partial charge on any atom is 0.348 e. The minimum Gasteiger partial charge on any atom is -0.504 e. The zero-order chi connectivity index (χ0) is 13.9. The lowest BCUT2D eigenvalue weighted by molar-refractivity contribution is -0.154. The summed E-state index contributed by atoms with van der Waals surface area (Å²) in [6.07, 6.45) is 0. The van der Waals surface area contributed by atoms with Crippen LogP contribution in [0.15, 0.2) is 54.6 Å². The molecular weight excluding hydrogens is 244 g/mol. The Balaban J connectivity index is 2.23. The molecule has 2 aromatic carbocycles. The molecule has 0 saturated heterocycles. The summed E-state index contributed by atoms with van der Waals surface area (Å²) in [6, 6.07) is 14.6. The molecule has 1 unspecified atom stereocenters. The van der Waals surface area contributed by atoms with E-state index in [1.54, 1.807) is 42.5 Å². The van der Waals surface area contributed by atoms with E-state index in [0.717, 1.165) is 0 Å². The summed E-state index contributed by atoms with van der Waals surface area (Å²) >= 11 is 0. The lowest BCUT2D eigenvalue weighted by Gasteiger charge is -2.21. The molecule has 2 N–H and O–H groups in total. The molecule has 1 atom stereocenters. The highest BCUT2D eigenvalue weighted by Crippen LogP contribution is 2.28. The molecule has 4 nitrogen and oxygen atoms in total. The lowest BCUT2D eigenvalue weighted by Crippen LogP contribution is -2.36. The molecule has 0 aliphatic heterocycles. The second-order valence-corrected chi connectivity index (χ2v) is 4.30. The van der Waals surface area contributed by atoms with Gasteiger partial charge in [0.2, 0.25) is 0 Å². The molecular formula is C15H14O4. The molecule has 0 spiro atoms. The Bertz CT molecular complexity index is 576. The number of ether oxygens (including phenoxy) is 1. The summed E-state index contributed by atoms with van der Waals surface area (Å²) in [5.74, 6) is -0.983. The molecule has 0 fully saturated rings. The van der Waals surface area contributed by atoms with Gasteiger partial charge in [0.25, 0.3) is 0 Å². The van der Waals surface area contributed by atoms with E-state index < -0.39 is 11.6 Å². The quantitative estimate of drug-likeness (QED) is 0.654. The minimum atomic E-state index is -1.77. The van der Waals surface area contributed by atoms with Gasteiger partial charge in [0.15, 0.2) is 17.1 Å². The van der Waals surface area contributed by atoms with Crippen molar-refractivity contribution in [1.29, 1.82) is 0 Å². The minimum absolute atomic E-state index is 0.0173. The van der Waals surface area contributed by atoms with E-state index in [1.165, 1.54) is 19.1 Å². The number of hydrogen-bond acceptors (Lipinski definition) is 4. The fraction of sp³-hybridized carbons (Fsp3) is 0.133. The molecule has 4 heteroatoms. The van der Waals surface area contributed by atoms with Crippen LogP contribution in [0.2, 0.25) is 0 Å². The van der Waals surface area contributed by atoms with E-state index in [9.17, 15) is 15.0 Å². The number of hydrogen-bond donors (Lipinski definition) is 2. The van der Waals surface area contributed by atoms with Crippen LogP contribution in [0.4, 0.5) is 0 Å². The SMILES string of the molecule is CC(O)(C(=O)Oc1ccccc1O)c1ccccc1. The largest absolute Gasteiger partial charge is 0.504 e. The van der Waals surface area contributed by atoms with Gasteiger partial charge in [0, 0.05) is 0 Å². The Kier molecular flexibility index (Phi) is 3.53. The van der Waals surface area contributed by atoms with Gasteiger partial charge < -0.3 is 14.9 Å². The van der Waals surface area contributed by atoms with Crippen LogP contribution in [0.5, 0.6) is 11.5 Å². The van der Waals surface area contributed by atoms with Crippen LogP contribution in [0.25, 0.3) is 0 Å². The van der Waals surface area contributed by atoms with Crippen molar-refractivity contribution in [3.05, 3.63) is 60.2 Å². The van der Waals surface area contributed by atoms with Gasteiger partial charge in [-0.1, -0.05) is 42.5 Å². The number of esters is 1. The van der Waals surface area contributed by atoms with E-state index in [-0.39, 0.29) is 11.5 Å². The zero-order valence-electron chi connectivity index (χ0n) is 10.4. The number of carbonyl (C=O) groups is 1. The van der Waals surface area contributed by atoms with Crippen molar-refractivity contribution in [2.75, 3.05) is 0 Å². The molecule has 0 saturated carbocycles. The van der Waals surface area contributed by atoms with Gasteiger partial charge >= 0.3 is 5.97 Å². The predicted molar refractivity (Wildman–Crippen MR) is 69.8 cm³/mol. The molecule has 0 amide bonds. The summed E-state index contributed by atoms with van der Waals surface area (Å²) < 4.78 is 5.03. The van der Waals surface area contributed by atoms with Crippen molar-refractivity contribution in [3.8, 4) is 11.5 Å². The Morgan fingerprint density at radius 2 is 1.63 bits per heavy atom. The first-order valence-electron chi connectivity index (χ1n) is 5.80. The van der Waals surface area contributed by atoms with Gasteiger partial charge in [0.05, 0.1) is 0 Å². The fourth-order valence-corrected chi connectivity index (χ4v) is 1.62. The monoisotopic (exact) mass is 258 g/mol. The van der Waals surface area contributed by atoms with Crippen LogP contribution < -0.4 is 4.74 Å². The Morgan fingerprint density at radius 3 is 2.26 bits per heavy atom. The Hall–Kier alpha value is -2.33. The van der Waals surface area contributed by atoms with Gasteiger partial charge in [-0.25, -0.2) is 4.79 Å². The topological polar surface area (TPSA) is 66.8 Å². The maximum atomic E-state index is 12.0. The van der Waals surface area contributed by atoms with Crippen LogP contribution in [-0.4, -0.2) is 16.2 Å². The number of para-hydroxylation sites is 2. The zero-order valence-corrected chi connectivity index (χ0v) is 10.4. The first kappa shape index (κ1) is 13.1. The third kappa shape index (κ3) is 2.74. The van der Waals surface area contributed by atoms with Crippen LogP contribution in [0, 0.1) is 0 Å². The lowest BCUT2D eigenvalue weighted by atomic mass is 9.96. The van der Waals surface area contributed by atoms with E-state index in [4.69, 9.17) is 4.74 Å². The highest BCUT2D eigenvalue weighted by atomic mass is 16.6. The third-order valence-corrected chi connectivity index (χ3v) is 2.80. The average molecular weight is 258 g/mol. The predicted octanol–water partition coefficient (Wildman–Crippen LogP) is 2.21. The Morgan fingerprint density at radius 1 is 1.05 bits per heavy atom. The first-order chi connectivity index (χ1) is 9.01. The smallest absolute Gasteiger partial charge is 0.348 e. The number of rotatable bonds is 3. The van der Waals surface area contributed by atoms with Crippen LogP contribution in [0.3, 0.4) is 0 Å². The van der Waals surface area contributed by atoms with Crippen molar-refractivity contribution in [3.63, 3.8) is 0 Å². The third-order valence-electron chi connectivity index (χ3n) is 2.80. The number of aromatic hydroxyl groups is 1. The van der Waals surface area contributed by atoms with Crippen molar-refractivity contribution in [1.82, 2.24) is 0 Å². The number of phenols is 1. The first-order valence-corrected chi connectivity index (χ1v) is 5.80. The number of aliphatic hydroxyl groups is 1. The highest BCUT2D eigenvalue weighted by molar-refractivity contribution is 5.83. The summed E-state index contributed by atoms with van der Waals surface area (Å²) in [6.45, 7) is 1.35. The molecule has 0 aromatic heterocycles. The molecule has 0 heterocycles. The maximum absolute atomic E-state index is 12.0. The highest BCUT2D eigenvalue weighted by Gasteiger charge is 2.34. The van der Waals surface area contributed by atoms with Crippen LogP contribution >= 0.6 is 0 Å². The van der Waals surface area contributed by atoms with E-state index >= 15 is 0 Å². The standard InChI is InChI=1S/C15H14O4/c1-15(18,11-7-3-2-4-8-11)14(17)19-13-10-6-5-9-12(13)16/h2-10,16,18H,1H3. The van der Waals surface area contributed by atoms with Gasteiger partial charge in [0.1, 0.15) is 0 Å². The second kappa shape index (κ2) is 5.12. The van der Waals surface area contributed by atoms with Gasteiger partial charge in [-0.05, 0) is 24.6 Å². The van der Waals surface area contributed by atoms with Gasteiger partial charge in [-0.3, -0.25) is 0 Å². The molecule has 0 aliphatic carbocycles. The molecule has 19 heavy (non-hydrogen) atoms. The van der Waals surface area contributed by atoms with Gasteiger partial charge in [-0.15, -0.1) is 0 Å². The van der Waals surface area contributed by atoms with Crippen LogP contribution in [-0.2, 0) is 10.4 Å². The van der Waals surface area contributed by atoms with E-state index in [2.05, 4.69) is 0 Å². The normalized spacial score (nSPS) is 13.6.